The molecular weight excluding hydrogens is 415 g/mol. The van der Waals surface area contributed by atoms with Gasteiger partial charge in [-0.1, -0.05) is 0 Å². The minimum atomic E-state index is -3.01. The van der Waals surface area contributed by atoms with Crippen LogP contribution in [0, 0.1) is 0 Å². The number of rotatable bonds is 4. The van der Waals surface area contributed by atoms with E-state index in [1.54, 1.807) is 20.9 Å². The number of hydrogen-bond donors (Lipinski definition) is 1. The Labute approximate surface area is 151 Å². The standard InChI is InChI=1S/C14H28N4O2S.HI/c1-14(2)11-18(9-10-21(14,19)20)13(15-3)16-7-8-17(4)12-5-6-12;/h12H,5-11H2,1-4H3,(H,15,16);1H. The highest BCUT2D eigenvalue weighted by molar-refractivity contribution is 14.0. The van der Waals surface area contributed by atoms with Gasteiger partial charge in [0.25, 0.3) is 0 Å². The molecule has 6 nitrogen and oxygen atoms in total. The number of nitrogens with zero attached hydrogens (tertiary/aromatic N) is 3. The number of guanidine groups is 1. The van der Waals surface area contributed by atoms with Gasteiger partial charge in [-0.3, -0.25) is 4.99 Å². The Morgan fingerprint density at radius 2 is 2.05 bits per heavy atom. The number of likely N-dealkylation sites (N-methyl/N-ethyl adjacent to an activating group) is 1. The van der Waals surface area contributed by atoms with Crippen molar-refractivity contribution < 1.29 is 8.42 Å². The van der Waals surface area contributed by atoms with Gasteiger partial charge in [-0.2, -0.15) is 0 Å². The van der Waals surface area contributed by atoms with E-state index in [-0.39, 0.29) is 29.7 Å². The van der Waals surface area contributed by atoms with Gasteiger partial charge in [0.1, 0.15) is 0 Å². The summed E-state index contributed by atoms with van der Waals surface area (Å²) in [5.74, 6) is 1.00. The molecule has 1 aliphatic carbocycles. The summed E-state index contributed by atoms with van der Waals surface area (Å²) in [6.45, 7) is 6.42. The van der Waals surface area contributed by atoms with Crippen molar-refractivity contribution >= 4 is 39.8 Å². The first-order valence-electron chi connectivity index (χ1n) is 7.65. The van der Waals surface area contributed by atoms with Crippen LogP contribution >= 0.6 is 24.0 Å². The van der Waals surface area contributed by atoms with Gasteiger partial charge in [0, 0.05) is 39.3 Å². The highest BCUT2D eigenvalue weighted by Crippen LogP contribution is 2.25. The van der Waals surface area contributed by atoms with Crippen molar-refractivity contribution in [2.24, 2.45) is 4.99 Å². The van der Waals surface area contributed by atoms with Crippen molar-refractivity contribution in [3.8, 4) is 0 Å². The third-order valence-corrected chi connectivity index (χ3v) is 7.01. The third-order valence-electron chi connectivity index (χ3n) is 4.47. The summed E-state index contributed by atoms with van der Waals surface area (Å²) in [6.07, 6.45) is 2.62. The molecule has 2 aliphatic rings. The molecule has 2 rings (SSSR count). The Hall–Kier alpha value is -0.0900. The highest BCUT2D eigenvalue weighted by Gasteiger charge is 2.40. The lowest BCUT2D eigenvalue weighted by atomic mass is 10.2. The highest BCUT2D eigenvalue weighted by atomic mass is 127. The van der Waals surface area contributed by atoms with E-state index in [0.717, 1.165) is 25.1 Å². The monoisotopic (exact) mass is 444 g/mol. The average molecular weight is 444 g/mol. The van der Waals surface area contributed by atoms with Gasteiger partial charge >= 0.3 is 0 Å². The smallest absolute Gasteiger partial charge is 0.193 e. The van der Waals surface area contributed by atoms with Gasteiger partial charge < -0.3 is 15.1 Å². The molecule has 1 N–H and O–H groups in total. The molecule has 8 heteroatoms. The van der Waals surface area contributed by atoms with E-state index in [2.05, 4.69) is 27.2 Å². The molecule has 1 saturated carbocycles. The van der Waals surface area contributed by atoms with Crippen LogP contribution in [0.1, 0.15) is 26.7 Å². The Kier molecular flexibility index (Phi) is 6.94. The van der Waals surface area contributed by atoms with Crippen LogP contribution in [-0.4, -0.2) is 81.0 Å². The first-order chi connectivity index (χ1) is 9.77. The molecule has 0 spiro atoms. The van der Waals surface area contributed by atoms with Crippen LogP contribution in [0.15, 0.2) is 4.99 Å². The van der Waals surface area contributed by atoms with Crippen LogP contribution in [0.3, 0.4) is 0 Å². The quantitative estimate of drug-likeness (QED) is 0.395. The van der Waals surface area contributed by atoms with Gasteiger partial charge in [-0.25, -0.2) is 8.42 Å². The molecule has 0 radical (unpaired) electrons. The van der Waals surface area contributed by atoms with Gasteiger partial charge in [0.05, 0.1) is 10.5 Å². The van der Waals surface area contributed by atoms with Crippen LogP contribution in [0.5, 0.6) is 0 Å². The van der Waals surface area contributed by atoms with Crippen molar-refractivity contribution in [3.63, 3.8) is 0 Å². The Balaban J connectivity index is 0.00000242. The molecular formula is C14H29IN4O2S. The normalized spacial score (nSPS) is 24.0. The molecule has 0 aromatic heterocycles. The summed E-state index contributed by atoms with van der Waals surface area (Å²) in [4.78, 5) is 8.72. The number of sulfone groups is 1. The predicted molar refractivity (Wildman–Crippen MR) is 102 cm³/mol. The number of halogens is 1. The zero-order valence-electron chi connectivity index (χ0n) is 14.0. The third kappa shape index (κ3) is 4.70. The summed E-state index contributed by atoms with van der Waals surface area (Å²) in [6, 6.07) is 0.757. The predicted octanol–water partition coefficient (Wildman–Crippen LogP) is 0.783. The summed E-state index contributed by atoms with van der Waals surface area (Å²) >= 11 is 0. The van der Waals surface area contributed by atoms with Crippen LogP contribution in [0.2, 0.25) is 0 Å². The van der Waals surface area contributed by atoms with Crippen molar-refractivity contribution in [1.82, 2.24) is 15.1 Å². The fraction of sp³-hybridized carbons (Fsp3) is 0.929. The maximum atomic E-state index is 12.1. The van der Waals surface area contributed by atoms with Crippen LogP contribution in [0.25, 0.3) is 0 Å². The van der Waals surface area contributed by atoms with Gasteiger partial charge in [0.2, 0.25) is 0 Å². The molecule has 0 unspecified atom stereocenters. The largest absolute Gasteiger partial charge is 0.355 e. The van der Waals surface area contributed by atoms with Gasteiger partial charge in [-0.15, -0.1) is 24.0 Å². The summed E-state index contributed by atoms with van der Waals surface area (Å²) in [5.41, 5.74) is 0. The van der Waals surface area contributed by atoms with Crippen LogP contribution in [-0.2, 0) is 9.84 Å². The SMILES string of the molecule is CN=C(NCCN(C)C1CC1)N1CCS(=O)(=O)C(C)(C)C1.I. The second-order valence-corrected chi connectivity index (χ2v) is 9.43. The molecule has 2 fully saturated rings. The average Bonchev–Trinajstić information content (AvgIpc) is 3.22. The second kappa shape index (κ2) is 7.65. The van der Waals surface area contributed by atoms with E-state index in [9.17, 15) is 8.42 Å². The fourth-order valence-electron chi connectivity index (χ4n) is 2.70. The minimum Gasteiger partial charge on any atom is -0.355 e. The van der Waals surface area contributed by atoms with Crippen molar-refractivity contribution in [2.75, 3.05) is 46.0 Å². The Bertz CT molecular complexity index is 503. The van der Waals surface area contributed by atoms with E-state index in [1.165, 1.54) is 12.8 Å². The maximum absolute atomic E-state index is 12.1. The van der Waals surface area contributed by atoms with E-state index in [4.69, 9.17) is 0 Å². The minimum absolute atomic E-state index is 0. The van der Waals surface area contributed by atoms with Crippen LogP contribution in [0.4, 0.5) is 0 Å². The van der Waals surface area contributed by atoms with E-state index in [1.807, 2.05) is 0 Å². The number of nitrogens with one attached hydrogen (secondary N) is 1. The molecule has 1 aliphatic heterocycles. The second-order valence-electron chi connectivity index (χ2n) is 6.69. The van der Waals surface area contributed by atoms with E-state index < -0.39 is 14.6 Å². The molecule has 130 valence electrons. The molecule has 1 saturated heterocycles. The van der Waals surface area contributed by atoms with E-state index >= 15 is 0 Å². The van der Waals surface area contributed by atoms with Crippen molar-refractivity contribution in [3.05, 3.63) is 0 Å². The molecule has 0 atom stereocenters. The molecule has 0 amide bonds. The summed E-state index contributed by atoms with van der Waals surface area (Å²) in [5, 5.41) is 3.36. The molecule has 22 heavy (non-hydrogen) atoms. The zero-order chi connectivity index (χ0) is 15.7. The first kappa shape index (κ1) is 20.0. The lowest BCUT2D eigenvalue weighted by Crippen LogP contribution is -2.57. The van der Waals surface area contributed by atoms with Gasteiger partial charge in [0.15, 0.2) is 15.8 Å². The Morgan fingerprint density at radius 1 is 1.41 bits per heavy atom. The number of aliphatic imine (C=N–C) groups is 1. The molecule has 1 heterocycles. The first-order valence-corrected chi connectivity index (χ1v) is 9.30. The molecule has 0 aromatic rings. The molecule has 0 bridgehead atoms. The summed E-state index contributed by atoms with van der Waals surface area (Å²) in [7, 11) is 0.899. The maximum Gasteiger partial charge on any atom is 0.193 e. The van der Waals surface area contributed by atoms with Crippen LogP contribution < -0.4 is 5.32 Å². The van der Waals surface area contributed by atoms with Gasteiger partial charge in [-0.05, 0) is 33.7 Å². The number of hydrogen-bond acceptors (Lipinski definition) is 4. The molecule has 0 aromatic carbocycles. The lowest BCUT2D eigenvalue weighted by molar-refractivity contribution is 0.320. The zero-order valence-corrected chi connectivity index (χ0v) is 17.1. The fourth-order valence-corrected chi connectivity index (χ4v) is 4.06. The topological polar surface area (TPSA) is 65.0 Å². The summed E-state index contributed by atoms with van der Waals surface area (Å²) < 4.78 is 23.4. The lowest BCUT2D eigenvalue weighted by Gasteiger charge is -2.39. The van der Waals surface area contributed by atoms with Crippen molar-refractivity contribution in [2.45, 2.75) is 37.5 Å². The van der Waals surface area contributed by atoms with E-state index in [0.29, 0.717) is 13.1 Å². The Morgan fingerprint density at radius 3 is 2.55 bits per heavy atom. The van der Waals surface area contributed by atoms with Crippen molar-refractivity contribution in [1.29, 1.82) is 0 Å².